The summed E-state index contributed by atoms with van der Waals surface area (Å²) in [5, 5.41) is 8.99. The van der Waals surface area contributed by atoms with Crippen LogP contribution in [0.15, 0.2) is 23.1 Å². The van der Waals surface area contributed by atoms with Gasteiger partial charge >= 0.3 is 6.16 Å². The minimum Gasteiger partial charge on any atom is -0.449 e. The van der Waals surface area contributed by atoms with Crippen LogP contribution in [0.2, 0.25) is 0 Å². The van der Waals surface area contributed by atoms with Gasteiger partial charge < -0.3 is 24.2 Å². The van der Waals surface area contributed by atoms with Crippen molar-refractivity contribution in [2.75, 3.05) is 38.1 Å². The normalized spacial score (nSPS) is 18.3. The Morgan fingerprint density at radius 2 is 1.92 bits per heavy atom. The van der Waals surface area contributed by atoms with Crippen LogP contribution in [0.5, 0.6) is 5.75 Å². The van der Waals surface area contributed by atoms with Gasteiger partial charge in [0.25, 0.3) is 0 Å². The summed E-state index contributed by atoms with van der Waals surface area (Å²) in [5.74, 6) is -0.766. The Balaban J connectivity index is 1.85. The average Bonchev–Trinajstić information content (AvgIpc) is 3.43. The third-order valence-corrected chi connectivity index (χ3v) is 5.05. The highest BCUT2D eigenvalue weighted by molar-refractivity contribution is 5.85. The van der Waals surface area contributed by atoms with E-state index in [1.54, 1.807) is 6.07 Å². The summed E-state index contributed by atoms with van der Waals surface area (Å²) in [7, 11) is 2.03. The first-order valence-corrected chi connectivity index (χ1v) is 8.66. The van der Waals surface area contributed by atoms with Crippen molar-refractivity contribution in [3.8, 4) is 5.75 Å². The van der Waals surface area contributed by atoms with E-state index in [-0.39, 0.29) is 17.2 Å². The van der Waals surface area contributed by atoms with Crippen molar-refractivity contribution in [1.29, 1.82) is 0 Å². The van der Waals surface area contributed by atoms with Crippen LogP contribution in [0, 0.1) is 5.82 Å². The molecule has 1 aromatic carbocycles. The lowest BCUT2D eigenvalue weighted by Crippen LogP contribution is -2.44. The molecule has 0 unspecified atom stereocenters. The summed E-state index contributed by atoms with van der Waals surface area (Å²) in [6, 6.07) is 3.10. The Bertz CT molecular complexity index is 930. The van der Waals surface area contributed by atoms with Gasteiger partial charge in [0.1, 0.15) is 5.82 Å². The van der Waals surface area contributed by atoms with E-state index in [1.807, 2.05) is 16.5 Å². The van der Waals surface area contributed by atoms with Crippen molar-refractivity contribution in [1.82, 2.24) is 9.47 Å². The summed E-state index contributed by atoms with van der Waals surface area (Å²) < 4.78 is 21.2. The minimum atomic E-state index is -1.56. The van der Waals surface area contributed by atoms with Gasteiger partial charge in [-0.3, -0.25) is 4.79 Å². The molecule has 1 aromatic heterocycles. The highest BCUT2D eigenvalue weighted by atomic mass is 19.1. The minimum absolute atomic E-state index is 0.144. The van der Waals surface area contributed by atoms with E-state index < -0.39 is 17.4 Å². The number of piperazine rings is 1. The van der Waals surface area contributed by atoms with Gasteiger partial charge in [0.05, 0.1) is 22.8 Å². The molecule has 1 N–H and O–H groups in total. The number of fused-ring (bicyclic) bond motifs is 1. The van der Waals surface area contributed by atoms with Crippen LogP contribution in [-0.4, -0.2) is 54.0 Å². The van der Waals surface area contributed by atoms with Gasteiger partial charge in [-0.15, -0.1) is 0 Å². The average molecular weight is 361 g/mol. The van der Waals surface area contributed by atoms with Gasteiger partial charge in [-0.25, -0.2) is 9.18 Å². The third kappa shape index (κ3) is 3.01. The molecule has 1 aliphatic carbocycles. The van der Waals surface area contributed by atoms with Crippen LogP contribution in [0.4, 0.5) is 14.9 Å². The molecule has 1 aliphatic heterocycles. The van der Waals surface area contributed by atoms with E-state index in [0.717, 1.165) is 25.9 Å². The maximum Gasteiger partial charge on any atom is 0.511 e. The molecule has 2 fully saturated rings. The number of carboxylic acid groups (broad SMARTS) is 1. The molecule has 8 heteroatoms. The number of pyridine rings is 1. The lowest BCUT2D eigenvalue weighted by molar-refractivity contribution is 0.143. The SMILES string of the molecule is CN1CCN(c2cc3c(cc2F)c(=O)c(OC(=O)O)cn3C2CC2)CC1. The number of carbonyl (C=O) groups is 1. The van der Waals surface area contributed by atoms with E-state index in [9.17, 15) is 14.0 Å². The van der Waals surface area contributed by atoms with Crippen molar-refractivity contribution in [3.63, 3.8) is 0 Å². The maximum atomic E-state index is 14.8. The molecule has 0 amide bonds. The first-order valence-electron chi connectivity index (χ1n) is 8.66. The molecule has 1 saturated carbocycles. The highest BCUT2D eigenvalue weighted by Gasteiger charge is 2.28. The molecule has 0 spiro atoms. The Kier molecular flexibility index (Phi) is 4.07. The van der Waals surface area contributed by atoms with Crippen molar-refractivity contribution in [2.24, 2.45) is 0 Å². The fourth-order valence-corrected chi connectivity index (χ4v) is 3.44. The Hall–Kier alpha value is -2.61. The molecule has 2 aromatic rings. The molecule has 2 aliphatic rings. The number of anilines is 1. The van der Waals surface area contributed by atoms with E-state index in [0.29, 0.717) is 24.3 Å². The van der Waals surface area contributed by atoms with Gasteiger partial charge in [0.15, 0.2) is 5.75 Å². The number of benzene rings is 1. The zero-order valence-corrected chi connectivity index (χ0v) is 14.4. The van der Waals surface area contributed by atoms with Crippen molar-refractivity contribution in [3.05, 3.63) is 34.4 Å². The van der Waals surface area contributed by atoms with Crippen molar-refractivity contribution in [2.45, 2.75) is 18.9 Å². The van der Waals surface area contributed by atoms with E-state index in [2.05, 4.69) is 9.64 Å². The number of rotatable bonds is 3. The molecular formula is C18H20FN3O4. The predicted molar refractivity (Wildman–Crippen MR) is 94.8 cm³/mol. The summed E-state index contributed by atoms with van der Waals surface area (Å²) in [6.07, 6.45) is 1.75. The molecule has 1 saturated heterocycles. The summed E-state index contributed by atoms with van der Waals surface area (Å²) in [5.41, 5.74) is 0.486. The first-order chi connectivity index (χ1) is 12.4. The molecule has 0 radical (unpaired) electrons. The largest absolute Gasteiger partial charge is 0.511 e. The van der Waals surface area contributed by atoms with Gasteiger partial charge in [0.2, 0.25) is 5.43 Å². The number of likely N-dealkylation sites (N-methyl/N-ethyl adjacent to an activating group) is 1. The Labute approximate surface area is 149 Å². The van der Waals surface area contributed by atoms with Crippen LogP contribution in [0.1, 0.15) is 18.9 Å². The van der Waals surface area contributed by atoms with Crippen molar-refractivity contribution < 1.29 is 19.0 Å². The number of aromatic nitrogens is 1. The first kappa shape index (κ1) is 16.8. The number of hydrogen-bond donors (Lipinski definition) is 1. The lowest BCUT2D eigenvalue weighted by atomic mass is 10.1. The van der Waals surface area contributed by atoms with Crippen LogP contribution >= 0.6 is 0 Å². The molecular weight excluding hydrogens is 341 g/mol. The molecule has 138 valence electrons. The van der Waals surface area contributed by atoms with Gasteiger partial charge in [0, 0.05) is 32.2 Å². The fraction of sp³-hybridized carbons (Fsp3) is 0.444. The molecule has 4 rings (SSSR count). The standard InChI is InChI=1S/C18H20FN3O4/c1-20-4-6-21(7-5-20)15-9-14-12(8-13(15)19)17(23)16(26-18(24)25)10-22(14)11-2-3-11/h8-11H,2-7H2,1H3,(H,24,25). The maximum absolute atomic E-state index is 14.8. The second-order valence-electron chi connectivity index (χ2n) is 6.94. The predicted octanol–water partition coefficient (Wildman–Crippen LogP) is 2.28. The van der Waals surface area contributed by atoms with Crippen molar-refractivity contribution >= 4 is 22.7 Å². The molecule has 7 nitrogen and oxygen atoms in total. The number of ether oxygens (including phenoxy) is 1. The van der Waals surface area contributed by atoms with Crippen LogP contribution in [0.25, 0.3) is 10.9 Å². The summed E-state index contributed by atoms with van der Waals surface area (Å²) >= 11 is 0. The Morgan fingerprint density at radius 3 is 2.54 bits per heavy atom. The van der Waals surface area contributed by atoms with Crippen LogP contribution in [-0.2, 0) is 0 Å². The van der Waals surface area contributed by atoms with Gasteiger partial charge in [-0.05, 0) is 32.0 Å². The second-order valence-corrected chi connectivity index (χ2v) is 6.94. The second kappa shape index (κ2) is 6.28. The lowest BCUT2D eigenvalue weighted by Gasteiger charge is -2.34. The van der Waals surface area contributed by atoms with E-state index in [4.69, 9.17) is 5.11 Å². The third-order valence-electron chi connectivity index (χ3n) is 5.05. The summed E-state index contributed by atoms with van der Waals surface area (Å²) in [4.78, 5) is 27.6. The van der Waals surface area contributed by atoms with Gasteiger partial charge in [-0.2, -0.15) is 0 Å². The summed E-state index contributed by atoms with van der Waals surface area (Å²) in [6.45, 7) is 3.12. The molecule has 0 atom stereocenters. The molecule has 2 heterocycles. The smallest absolute Gasteiger partial charge is 0.449 e. The van der Waals surface area contributed by atoms with E-state index >= 15 is 0 Å². The monoisotopic (exact) mass is 361 g/mol. The van der Waals surface area contributed by atoms with Crippen LogP contribution < -0.4 is 15.1 Å². The quantitative estimate of drug-likeness (QED) is 0.846. The number of halogens is 1. The van der Waals surface area contributed by atoms with Crippen LogP contribution in [0.3, 0.4) is 0 Å². The van der Waals surface area contributed by atoms with E-state index in [1.165, 1.54) is 12.3 Å². The zero-order valence-electron chi connectivity index (χ0n) is 14.4. The Morgan fingerprint density at radius 1 is 1.23 bits per heavy atom. The molecule has 0 bridgehead atoms. The fourth-order valence-electron chi connectivity index (χ4n) is 3.44. The molecule has 26 heavy (non-hydrogen) atoms. The highest BCUT2D eigenvalue weighted by Crippen LogP contribution is 2.38. The zero-order chi connectivity index (χ0) is 18.4. The topological polar surface area (TPSA) is 75.0 Å². The van der Waals surface area contributed by atoms with Gasteiger partial charge in [-0.1, -0.05) is 0 Å². The number of nitrogens with zero attached hydrogens (tertiary/aromatic N) is 3. The number of hydrogen-bond acceptors (Lipinski definition) is 5.